The minimum atomic E-state index is -0.168. The summed E-state index contributed by atoms with van der Waals surface area (Å²) in [5, 5.41) is 8.68. The van der Waals surface area contributed by atoms with Crippen LogP contribution >= 0.6 is 0 Å². The van der Waals surface area contributed by atoms with Gasteiger partial charge in [0.25, 0.3) is 5.91 Å². The minimum absolute atomic E-state index is 0.0580. The molecular weight excluding hydrogens is 226 g/mol. The van der Waals surface area contributed by atoms with Crippen LogP contribution in [0, 0.1) is 18.8 Å². The van der Waals surface area contributed by atoms with Crippen molar-refractivity contribution >= 4 is 5.91 Å². The number of hydrogen-bond acceptors (Lipinski definition) is 2. The molecular formula is C15H17NO2. The molecule has 0 radical (unpaired) electrons. The van der Waals surface area contributed by atoms with Gasteiger partial charge in [-0.15, -0.1) is 0 Å². The van der Waals surface area contributed by atoms with Crippen LogP contribution in [0.5, 0.6) is 0 Å². The van der Waals surface area contributed by atoms with Gasteiger partial charge in [0, 0.05) is 24.2 Å². The summed E-state index contributed by atoms with van der Waals surface area (Å²) in [4.78, 5) is 14.1. The van der Waals surface area contributed by atoms with Crippen molar-refractivity contribution < 1.29 is 9.90 Å². The summed E-state index contributed by atoms with van der Waals surface area (Å²) in [5.41, 5.74) is 2.43. The van der Waals surface area contributed by atoms with Gasteiger partial charge in [-0.1, -0.05) is 17.9 Å². The Hall–Kier alpha value is -1.79. The first kappa shape index (κ1) is 12.7. The molecule has 3 nitrogen and oxygen atoms in total. The van der Waals surface area contributed by atoms with E-state index < -0.39 is 0 Å². The van der Waals surface area contributed by atoms with E-state index in [1.165, 1.54) is 0 Å². The third kappa shape index (κ3) is 2.72. The van der Waals surface area contributed by atoms with Crippen molar-refractivity contribution in [2.75, 3.05) is 13.7 Å². The molecule has 1 amide bonds. The van der Waals surface area contributed by atoms with Gasteiger partial charge in [-0.25, -0.2) is 0 Å². The molecule has 1 saturated carbocycles. The summed E-state index contributed by atoms with van der Waals surface area (Å²) in [6.07, 6.45) is 2.20. The molecule has 0 unspecified atom stereocenters. The number of benzene rings is 1. The van der Waals surface area contributed by atoms with Gasteiger partial charge in [0.1, 0.15) is 6.61 Å². The third-order valence-corrected chi connectivity index (χ3v) is 3.19. The summed E-state index contributed by atoms with van der Waals surface area (Å²) in [5.74, 6) is 5.48. The Morgan fingerprint density at radius 1 is 1.50 bits per heavy atom. The Balaban J connectivity index is 2.27. The normalized spacial score (nSPS) is 13.7. The van der Waals surface area contributed by atoms with Crippen LogP contribution in [0.2, 0.25) is 0 Å². The number of aliphatic hydroxyl groups is 1. The van der Waals surface area contributed by atoms with Crippen LogP contribution in [0.3, 0.4) is 0 Å². The molecule has 1 N–H and O–H groups in total. The standard InChI is InChI=1S/C15H17NO2/c1-11-5-6-12(4-3-9-17)10-14(11)15(18)16(2)13-7-8-13/h5-6,10,13,17H,7-9H2,1-2H3. The Morgan fingerprint density at radius 2 is 2.22 bits per heavy atom. The molecule has 18 heavy (non-hydrogen) atoms. The summed E-state index contributed by atoms with van der Waals surface area (Å²) < 4.78 is 0. The zero-order valence-electron chi connectivity index (χ0n) is 10.7. The van der Waals surface area contributed by atoms with Crippen molar-refractivity contribution in [3.63, 3.8) is 0 Å². The van der Waals surface area contributed by atoms with Gasteiger partial charge in [-0.3, -0.25) is 4.79 Å². The molecule has 1 aromatic carbocycles. The fraction of sp³-hybridized carbons (Fsp3) is 0.400. The highest BCUT2D eigenvalue weighted by molar-refractivity contribution is 5.96. The monoisotopic (exact) mass is 243 g/mol. The van der Waals surface area contributed by atoms with E-state index in [0.29, 0.717) is 11.6 Å². The van der Waals surface area contributed by atoms with E-state index in [0.717, 1.165) is 24.0 Å². The van der Waals surface area contributed by atoms with Gasteiger partial charge in [0.05, 0.1) is 0 Å². The predicted molar refractivity (Wildman–Crippen MR) is 70.3 cm³/mol. The van der Waals surface area contributed by atoms with E-state index in [1.54, 1.807) is 6.07 Å². The van der Waals surface area contributed by atoms with Crippen LogP contribution in [0.4, 0.5) is 0 Å². The molecule has 0 spiro atoms. The lowest BCUT2D eigenvalue weighted by molar-refractivity contribution is 0.0784. The number of aliphatic hydroxyl groups excluding tert-OH is 1. The smallest absolute Gasteiger partial charge is 0.254 e. The van der Waals surface area contributed by atoms with E-state index in [1.807, 2.05) is 31.0 Å². The number of carbonyl (C=O) groups is 1. The molecule has 1 aliphatic rings. The number of aryl methyl sites for hydroxylation is 1. The van der Waals surface area contributed by atoms with Gasteiger partial charge in [0.15, 0.2) is 0 Å². The SMILES string of the molecule is Cc1ccc(C#CCO)cc1C(=O)N(C)C1CC1. The first-order valence-electron chi connectivity index (χ1n) is 6.11. The van der Waals surface area contributed by atoms with Crippen LogP contribution in [0.1, 0.15) is 34.3 Å². The molecule has 2 rings (SSSR count). The molecule has 1 fully saturated rings. The van der Waals surface area contributed by atoms with Gasteiger partial charge in [0.2, 0.25) is 0 Å². The molecule has 3 heteroatoms. The second-order valence-electron chi connectivity index (χ2n) is 4.64. The molecule has 0 aromatic heterocycles. The largest absolute Gasteiger partial charge is 0.384 e. The fourth-order valence-corrected chi connectivity index (χ4v) is 1.89. The number of rotatable bonds is 2. The summed E-state index contributed by atoms with van der Waals surface area (Å²) in [6, 6.07) is 5.98. The zero-order valence-corrected chi connectivity index (χ0v) is 10.7. The summed E-state index contributed by atoms with van der Waals surface area (Å²) in [6.45, 7) is 1.76. The number of carbonyl (C=O) groups excluding carboxylic acids is 1. The maximum absolute atomic E-state index is 12.3. The van der Waals surface area contributed by atoms with Gasteiger partial charge in [-0.2, -0.15) is 0 Å². The number of amides is 1. The summed E-state index contributed by atoms with van der Waals surface area (Å²) in [7, 11) is 1.85. The van der Waals surface area contributed by atoms with Crippen molar-refractivity contribution in [3.05, 3.63) is 34.9 Å². The predicted octanol–water partition coefficient (Wildman–Crippen LogP) is 1.57. The Kier molecular flexibility index (Phi) is 3.69. The van der Waals surface area contributed by atoms with Crippen LogP contribution in [0.25, 0.3) is 0 Å². The molecule has 0 bridgehead atoms. The van der Waals surface area contributed by atoms with Gasteiger partial charge < -0.3 is 10.0 Å². The summed E-state index contributed by atoms with van der Waals surface area (Å²) >= 11 is 0. The molecule has 0 atom stereocenters. The second-order valence-corrected chi connectivity index (χ2v) is 4.64. The average molecular weight is 243 g/mol. The highest BCUT2D eigenvalue weighted by atomic mass is 16.2. The highest BCUT2D eigenvalue weighted by Crippen LogP contribution is 2.27. The maximum Gasteiger partial charge on any atom is 0.254 e. The third-order valence-electron chi connectivity index (χ3n) is 3.19. The van der Waals surface area contributed by atoms with Crippen molar-refractivity contribution in [1.29, 1.82) is 0 Å². The Bertz CT molecular complexity index is 521. The first-order chi connectivity index (χ1) is 8.63. The van der Waals surface area contributed by atoms with Crippen LogP contribution in [-0.2, 0) is 0 Å². The van der Waals surface area contributed by atoms with Gasteiger partial charge in [-0.05, 0) is 37.5 Å². The van der Waals surface area contributed by atoms with E-state index in [9.17, 15) is 4.79 Å². The van der Waals surface area contributed by atoms with E-state index in [-0.39, 0.29) is 12.5 Å². The number of hydrogen-bond donors (Lipinski definition) is 1. The second kappa shape index (κ2) is 5.24. The lowest BCUT2D eigenvalue weighted by atomic mass is 10.0. The Morgan fingerprint density at radius 3 is 2.83 bits per heavy atom. The Labute approximate surface area is 107 Å². The van der Waals surface area contributed by atoms with E-state index >= 15 is 0 Å². The van der Waals surface area contributed by atoms with Crippen molar-refractivity contribution in [1.82, 2.24) is 4.90 Å². The lowest BCUT2D eigenvalue weighted by Crippen LogP contribution is -2.29. The molecule has 1 aliphatic carbocycles. The van der Waals surface area contributed by atoms with Crippen LogP contribution in [0.15, 0.2) is 18.2 Å². The van der Waals surface area contributed by atoms with Crippen LogP contribution < -0.4 is 0 Å². The topological polar surface area (TPSA) is 40.5 Å². The fourth-order valence-electron chi connectivity index (χ4n) is 1.89. The van der Waals surface area contributed by atoms with Crippen LogP contribution in [-0.4, -0.2) is 35.6 Å². The quantitative estimate of drug-likeness (QED) is 0.801. The van der Waals surface area contributed by atoms with Crippen molar-refractivity contribution in [3.8, 4) is 11.8 Å². The van der Waals surface area contributed by atoms with Crippen molar-refractivity contribution in [2.45, 2.75) is 25.8 Å². The molecule has 0 heterocycles. The molecule has 94 valence electrons. The molecule has 1 aromatic rings. The average Bonchev–Trinajstić information content (AvgIpc) is 3.20. The van der Waals surface area contributed by atoms with E-state index in [4.69, 9.17) is 5.11 Å². The van der Waals surface area contributed by atoms with Crippen molar-refractivity contribution in [2.24, 2.45) is 0 Å². The molecule has 0 aliphatic heterocycles. The zero-order chi connectivity index (χ0) is 13.1. The van der Waals surface area contributed by atoms with Gasteiger partial charge >= 0.3 is 0 Å². The molecule has 0 saturated heterocycles. The highest BCUT2D eigenvalue weighted by Gasteiger charge is 2.30. The number of nitrogens with zero attached hydrogens (tertiary/aromatic N) is 1. The van der Waals surface area contributed by atoms with E-state index in [2.05, 4.69) is 11.8 Å². The first-order valence-corrected chi connectivity index (χ1v) is 6.11. The minimum Gasteiger partial charge on any atom is -0.384 e. The maximum atomic E-state index is 12.3. The lowest BCUT2D eigenvalue weighted by Gasteiger charge is -2.17.